The Bertz CT molecular complexity index is 458. The van der Waals surface area contributed by atoms with E-state index >= 15 is 0 Å². The molecular formula is C14H25N5O. The number of hydrogen-bond donors (Lipinski definition) is 2. The van der Waals surface area contributed by atoms with Crippen molar-refractivity contribution in [3.8, 4) is 0 Å². The van der Waals surface area contributed by atoms with Crippen molar-refractivity contribution < 1.29 is 4.79 Å². The molecular weight excluding hydrogens is 254 g/mol. The summed E-state index contributed by atoms with van der Waals surface area (Å²) in [4.78, 5) is 18.8. The van der Waals surface area contributed by atoms with Gasteiger partial charge in [-0.15, -0.1) is 5.10 Å². The van der Waals surface area contributed by atoms with Crippen molar-refractivity contribution in [1.82, 2.24) is 15.2 Å². The number of H-pyrrole nitrogens is 1. The van der Waals surface area contributed by atoms with Crippen LogP contribution in [-0.4, -0.2) is 34.2 Å². The fourth-order valence-electron chi connectivity index (χ4n) is 2.97. The number of amides is 1. The monoisotopic (exact) mass is 279 g/mol. The molecule has 2 heterocycles. The van der Waals surface area contributed by atoms with Crippen LogP contribution in [0.2, 0.25) is 0 Å². The fourth-order valence-corrected chi connectivity index (χ4v) is 2.97. The molecule has 6 heteroatoms. The molecule has 0 saturated carbocycles. The highest BCUT2D eigenvalue weighted by Crippen LogP contribution is 2.35. The van der Waals surface area contributed by atoms with E-state index in [1.807, 2.05) is 0 Å². The molecule has 0 spiro atoms. The second-order valence-electron chi connectivity index (χ2n) is 5.62. The molecule has 1 amide bonds. The lowest BCUT2D eigenvalue weighted by Crippen LogP contribution is -2.44. The van der Waals surface area contributed by atoms with Crippen molar-refractivity contribution >= 4 is 11.9 Å². The maximum atomic E-state index is 12.1. The molecule has 112 valence electrons. The Balaban J connectivity index is 2.33. The Hall–Kier alpha value is -1.59. The lowest BCUT2D eigenvalue weighted by molar-refractivity contribution is -0.124. The van der Waals surface area contributed by atoms with Crippen LogP contribution in [0.3, 0.4) is 0 Å². The molecule has 0 fully saturated rings. The molecule has 1 atom stereocenters. The maximum Gasteiger partial charge on any atom is 0.244 e. The van der Waals surface area contributed by atoms with Crippen molar-refractivity contribution in [2.75, 3.05) is 18.0 Å². The van der Waals surface area contributed by atoms with Gasteiger partial charge in [-0.05, 0) is 25.7 Å². The first-order valence-corrected chi connectivity index (χ1v) is 7.61. The zero-order valence-electron chi connectivity index (χ0n) is 12.5. The van der Waals surface area contributed by atoms with Gasteiger partial charge in [0.1, 0.15) is 11.2 Å². The topological polar surface area (TPSA) is 87.9 Å². The van der Waals surface area contributed by atoms with Crippen molar-refractivity contribution in [2.24, 2.45) is 5.73 Å². The van der Waals surface area contributed by atoms with Crippen LogP contribution in [0.25, 0.3) is 0 Å². The van der Waals surface area contributed by atoms with E-state index in [9.17, 15) is 4.79 Å². The average Bonchev–Trinajstić information content (AvgIpc) is 2.91. The second kappa shape index (κ2) is 6.24. The molecule has 0 radical (unpaired) electrons. The summed E-state index contributed by atoms with van der Waals surface area (Å²) in [6.07, 6.45) is 5.50. The number of fused-ring (bicyclic) bond motifs is 2. The third-order valence-corrected chi connectivity index (χ3v) is 4.16. The molecule has 1 unspecified atom stereocenters. The number of anilines is 1. The SMILES string of the molecule is CCCCC1(C(N)=O)CCCN(CCC)c2n[nH]c1n2. The number of rotatable bonds is 6. The molecule has 1 aromatic heterocycles. The third-order valence-electron chi connectivity index (χ3n) is 4.16. The number of nitrogens with zero attached hydrogens (tertiary/aromatic N) is 3. The van der Waals surface area contributed by atoms with E-state index in [4.69, 9.17) is 5.73 Å². The molecule has 1 aromatic rings. The predicted octanol–water partition coefficient (Wildman–Crippen LogP) is 1.73. The summed E-state index contributed by atoms with van der Waals surface area (Å²) in [6, 6.07) is 0. The number of aromatic nitrogens is 3. The lowest BCUT2D eigenvalue weighted by Gasteiger charge is -2.31. The molecule has 6 nitrogen and oxygen atoms in total. The van der Waals surface area contributed by atoms with Gasteiger partial charge in [0.2, 0.25) is 11.9 Å². The summed E-state index contributed by atoms with van der Waals surface area (Å²) in [6.45, 7) is 6.08. The van der Waals surface area contributed by atoms with Crippen molar-refractivity contribution in [3.63, 3.8) is 0 Å². The second-order valence-corrected chi connectivity index (χ2v) is 5.62. The summed E-state index contributed by atoms with van der Waals surface area (Å²) in [5.41, 5.74) is 5.05. The van der Waals surface area contributed by atoms with E-state index < -0.39 is 5.41 Å². The molecule has 1 aliphatic rings. The summed E-state index contributed by atoms with van der Waals surface area (Å²) in [7, 11) is 0. The van der Waals surface area contributed by atoms with Crippen molar-refractivity contribution in [3.05, 3.63) is 5.82 Å². The summed E-state index contributed by atoms with van der Waals surface area (Å²) in [5.74, 6) is 1.07. The van der Waals surface area contributed by atoms with Crippen LogP contribution < -0.4 is 10.6 Å². The summed E-state index contributed by atoms with van der Waals surface area (Å²) >= 11 is 0. The van der Waals surface area contributed by atoms with Crippen LogP contribution in [-0.2, 0) is 10.2 Å². The number of carbonyl (C=O) groups excluding carboxylic acids is 1. The van der Waals surface area contributed by atoms with Gasteiger partial charge in [-0.2, -0.15) is 4.98 Å². The van der Waals surface area contributed by atoms with Crippen LogP contribution in [0, 0.1) is 0 Å². The number of primary amides is 1. The molecule has 2 rings (SSSR count). The van der Waals surface area contributed by atoms with Crippen LogP contribution >= 0.6 is 0 Å². The first kappa shape index (κ1) is 14.8. The van der Waals surface area contributed by atoms with Crippen LogP contribution in [0.1, 0.15) is 58.2 Å². The molecule has 0 saturated heterocycles. The van der Waals surface area contributed by atoms with E-state index in [1.165, 1.54) is 0 Å². The van der Waals surface area contributed by atoms with E-state index in [0.717, 1.165) is 51.6 Å². The third kappa shape index (κ3) is 2.64. The number of hydrogen-bond acceptors (Lipinski definition) is 4. The van der Waals surface area contributed by atoms with Crippen molar-refractivity contribution in [1.29, 1.82) is 0 Å². The number of aromatic amines is 1. The standard InChI is InChI=1S/C14H25N5O/c1-3-5-7-14(11(15)20)8-6-10-19(9-4-2)13-16-12(14)17-18-13/h3-10H2,1-2H3,(H2,15,20)(H,16,17,18). The van der Waals surface area contributed by atoms with E-state index in [-0.39, 0.29) is 5.91 Å². The van der Waals surface area contributed by atoms with Gasteiger partial charge in [0.25, 0.3) is 0 Å². The maximum absolute atomic E-state index is 12.1. The highest BCUT2D eigenvalue weighted by molar-refractivity contribution is 5.85. The summed E-state index contributed by atoms with van der Waals surface area (Å²) in [5, 5.41) is 7.25. The fraction of sp³-hybridized carbons (Fsp3) is 0.786. The normalized spacial score (nSPS) is 22.4. The highest BCUT2D eigenvalue weighted by Gasteiger charge is 2.42. The Labute approximate surface area is 120 Å². The minimum atomic E-state index is -0.667. The zero-order chi connectivity index (χ0) is 14.6. The van der Waals surface area contributed by atoms with Gasteiger partial charge < -0.3 is 10.6 Å². The Kier molecular flexibility index (Phi) is 4.62. The van der Waals surface area contributed by atoms with Crippen LogP contribution in [0.15, 0.2) is 0 Å². The average molecular weight is 279 g/mol. The van der Waals surface area contributed by atoms with Gasteiger partial charge >= 0.3 is 0 Å². The molecule has 0 aromatic carbocycles. The smallest absolute Gasteiger partial charge is 0.244 e. The Morgan fingerprint density at radius 3 is 2.90 bits per heavy atom. The van der Waals surface area contributed by atoms with Gasteiger partial charge in [-0.25, -0.2) is 0 Å². The Morgan fingerprint density at radius 1 is 1.45 bits per heavy atom. The molecule has 20 heavy (non-hydrogen) atoms. The zero-order valence-corrected chi connectivity index (χ0v) is 12.5. The van der Waals surface area contributed by atoms with E-state index in [1.54, 1.807) is 0 Å². The summed E-state index contributed by atoms with van der Waals surface area (Å²) < 4.78 is 0. The van der Waals surface area contributed by atoms with Gasteiger partial charge in [0, 0.05) is 13.1 Å². The number of carbonyl (C=O) groups is 1. The largest absolute Gasteiger partial charge is 0.369 e. The number of nitrogens with one attached hydrogen (secondary N) is 1. The molecule has 2 bridgehead atoms. The van der Waals surface area contributed by atoms with Gasteiger partial charge in [-0.3, -0.25) is 9.89 Å². The minimum Gasteiger partial charge on any atom is -0.369 e. The molecule has 0 aliphatic carbocycles. The van der Waals surface area contributed by atoms with Crippen molar-refractivity contribution in [2.45, 2.75) is 57.8 Å². The quantitative estimate of drug-likeness (QED) is 0.830. The predicted molar refractivity (Wildman–Crippen MR) is 78.5 cm³/mol. The van der Waals surface area contributed by atoms with Crippen LogP contribution in [0.5, 0.6) is 0 Å². The highest BCUT2D eigenvalue weighted by atomic mass is 16.1. The van der Waals surface area contributed by atoms with Gasteiger partial charge in [-0.1, -0.05) is 26.7 Å². The first-order valence-electron chi connectivity index (χ1n) is 7.61. The number of nitrogens with two attached hydrogens (primary N) is 1. The first-order chi connectivity index (χ1) is 9.64. The lowest BCUT2D eigenvalue weighted by atomic mass is 9.77. The molecule has 1 aliphatic heterocycles. The van der Waals surface area contributed by atoms with Crippen LogP contribution in [0.4, 0.5) is 5.95 Å². The van der Waals surface area contributed by atoms with Gasteiger partial charge in [0.15, 0.2) is 0 Å². The molecule has 3 N–H and O–H groups in total. The van der Waals surface area contributed by atoms with Gasteiger partial charge in [0.05, 0.1) is 0 Å². The van der Waals surface area contributed by atoms with E-state index in [2.05, 4.69) is 33.9 Å². The Morgan fingerprint density at radius 2 is 2.25 bits per heavy atom. The van der Waals surface area contributed by atoms with E-state index in [0.29, 0.717) is 11.8 Å². The number of unbranched alkanes of at least 4 members (excludes halogenated alkanes) is 1. The minimum absolute atomic E-state index is 0.280.